The fourth-order valence-electron chi connectivity index (χ4n) is 1.03. The van der Waals surface area contributed by atoms with Crippen molar-refractivity contribution < 1.29 is 23.1 Å². The fraction of sp³-hybridized carbons (Fsp3) is 0. The van der Waals surface area contributed by atoms with Gasteiger partial charge in [0.25, 0.3) is 5.91 Å². The Morgan fingerprint density at radius 3 is 2.44 bits per heavy atom. The molecule has 0 radical (unpaired) electrons. The van der Waals surface area contributed by atoms with Gasteiger partial charge in [-0.25, -0.2) is 4.79 Å². The van der Waals surface area contributed by atoms with Crippen molar-refractivity contribution in [3.8, 4) is 0 Å². The standard InChI is InChI=1S/C9H7NO5S/c11-8(5-16(14)15)10-7-4-2-1-3-6(7)9(12)13/h1-5H,(H,10,11)(H,12,13). The molecule has 16 heavy (non-hydrogen) atoms. The minimum Gasteiger partial charge on any atom is -0.478 e. The minimum atomic E-state index is -2.62. The molecular formula is C9H7NO5S. The lowest BCUT2D eigenvalue weighted by molar-refractivity contribution is -0.109. The summed E-state index contributed by atoms with van der Waals surface area (Å²) in [6.45, 7) is 0. The number of aromatic carboxylic acids is 1. The molecule has 0 aliphatic carbocycles. The van der Waals surface area contributed by atoms with Crippen molar-refractivity contribution in [1.29, 1.82) is 0 Å². The van der Waals surface area contributed by atoms with Crippen molar-refractivity contribution in [2.24, 2.45) is 0 Å². The first-order valence-electron chi connectivity index (χ1n) is 4.07. The number of carbonyl (C=O) groups is 2. The van der Waals surface area contributed by atoms with Crippen LogP contribution in [0.5, 0.6) is 0 Å². The molecule has 1 amide bonds. The number of carboxylic acid groups (broad SMARTS) is 1. The number of rotatable bonds is 3. The third kappa shape index (κ3) is 3.21. The first kappa shape index (κ1) is 11.9. The van der Waals surface area contributed by atoms with Crippen molar-refractivity contribution in [3.63, 3.8) is 0 Å². The highest BCUT2D eigenvalue weighted by atomic mass is 32.2. The van der Waals surface area contributed by atoms with Gasteiger partial charge in [0, 0.05) is 0 Å². The number of anilines is 1. The van der Waals surface area contributed by atoms with Gasteiger partial charge in [0.05, 0.1) is 11.3 Å². The maximum Gasteiger partial charge on any atom is 0.337 e. The van der Waals surface area contributed by atoms with Gasteiger partial charge in [-0.05, 0) is 12.1 Å². The second kappa shape index (κ2) is 5.08. The molecule has 0 aromatic heterocycles. The molecule has 0 saturated carbocycles. The molecule has 1 rings (SSSR count). The highest BCUT2D eigenvalue weighted by Gasteiger charge is 2.10. The number of carbonyl (C=O) groups excluding carboxylic acids is 1. The average molecular weight is 241 g/mol. The van der Waals surface area contributed by atoms with E-state index in [0.717, 1.165) is 0 Å². The summed E-state index contributed by atoms with van der Waals surface area (Å²) in [5.41, 5.74) is -0.0670. The van der Waals surface area contributed by atoms with Gasteiger partial charge in [-0.3, -0.25) is 4.79 Å². The lowest BCUT2D eigenvalue weighted by Crippen LogP contribution is -2.15. The third-order valence-corrected chi connectivity index (χ3v) is 2.03. The quantitative estimate of drug-likeness (QED) is 0.726. The summed E-state index contributed by atoms with van der Waals surface area (Å²) in [5.74, 6) is -2.11. The highest BCUT2D eigenvalue weighted by Crippen LogP contribution is 2.14. The number of hydrogen-bond acceptors (Lipinski definition) is 4. The monoisotopic (exact) mass is 241 g/mol. The number of para-hydroxylation sites is 1. The molecule has 6 nitrogen and oxygen atoms in total. The molecular weight excluding hydrogens is 234 g/mol. The van der Waals surface area contributed by atoms with Crippen LogP contribution < -0.4 is 5.32 Å². The Morgan fingerprint density at radius 2 is 1.88 bits per heavy atom. The summed E-state index contributed by atoms with van der Waals surface area (Å²) in [4.78, 5) is 21.8. The lowest BCUT2D eigenvalue weighted by Gasteiger charge is -2.04. The maximum atomic E-state index is 11.0. The van der Waals surface area contributed by atoms with Crippen LogP contribution in [0.25, 0.3) is 0 Å². The minimum absolute atomic E-state index is 0.0432. The summed E-state index contributed by atoms with van der Waals surface area (Å²) in [6, 6.07) is 5.68. The Morgan fingerprint density at radius 1 is 1.25 bits per heavy atom. The van der Waals surface area contributed by atoms with Gasteiger partial charge in [-0.1, -0.05) is 12.1 Å². The van der Waals surface area contributed by atoms with Gasteiger partial charge in [-0.2, -0.15) is 8.42 Å². The normalized spacial score (nSPS) is 9.25. The topological polar surface area (TPSA) is 101 Å². The summed E-state index contributed by atoms with van der Waals surface area (Å²) < 4.78 is 20.4. The third-order valence-electron chi connectivity index (χ3n) is 1.62. The van der Waals surface area contributed by atoms with E-state index in [0.29, 0.717) is 5.37 Å². The van der Waals surface area contributed by atoms with E-state index < -0.39 is 22.2 Å². The molecule has 1 aromatic carbocycles. The molecule has 0 spiro atoms. The number of benzene rings is 1. The number of carboxylic acids is 1. The SMILES string of the molecule is O=C(C=S(=O)=O)Nc1ccccc1C(=O)O. The van der Waals surface area contributed by atoms with Crippen LogP contribution in [0.2, 0.25) is 0 Å². The Kier molecular flexibility index (Phi) is 3.78. The Bertz CT molecular complexity index is 553. The van der Waals surface area contributed by atoms with Crippen LogP contribution in [0, 0.1) is 0 Å². The lowest BCUT2D eigenvalue weighted by atomic mass is 10.2. The smallest absolute Gasteiger partial charge is 0.337 e. The van der Waals surface area contributed by atoms with Gasteiger partial charge in [-0.15, -0.1) is 0 Å². The Labute approximate surface area is 92.1 Å². The maximum absolute atomic E-state index is 11.0. The van der Waals surface area contributed by atoms with Crippen LogP contribution >= 0.6 is 0 Å². The van der Waals surface area contributed by atoms with Crippen LogP contribution in [0.4, 0.5) is 5.69 Å². The average Bonchev–Trinajstić information content (AvgIpc) is 2.16. The number of amides is 1. The Hall–Kier alpha value is -2.15. The molecule has 0 fully saturated rings. The molecule has 0 atom stereocenters. The number of nitrogens with one attached hydrogen (secondary N) is 1. The van der Waals surface area contributed by atoms with Gasteiger partial charge >= 0.3 is 5.97 Å². The predicted molar refractivity (Wildman–Crippen MR) is 57.0 cm³/mol. The van der Waals surface area contributed by atoms with Gasteiger partial charge in [0.15, 0.2) is 0 Å². The van der Waals surface area contributed by atoms with Crippen LogP contribution in [0.3, 0.4) is 0 Å². The zero-order valence-corrected chi connectivity index (χ0v) is 8.69. The van der Waals surface area contributed by atoms with Crippen molar-refractivity contribution in [2.75, 3.05) is 5.32 Å². The first-order chi connectivity index (χ1) is 7.50. The van der Waals surface area contributed by atoms with E-state index in [1.807, 2.05) is 0 Å². The van der Waals surface area contributed by atoms with Gasteiger partial charge in [0.2, 0.25) is 10.3 Å². The van der Waals surface area contributed by atoms with E-state index in [-0.39, 0.29) is 11.3 Å². The zero-order valence-electron chi connectivity index (χ0n) is 7.88. The van der Waals surface area contributed by atoms with E-state index >= 15 is 0 Å². The second-order valence-electron chi connectivity index (χ2n) is 2.72. The molecule has 0 aliphatic rings. The van der Waals surface area contributed by atoms with Crippen LogP contribution in [0.15, 0.2) is 24.3 Å². The second-order valence-corrected chi connectivity index (χ2v) is 3.48. The molecule has 0 aliphatic heterocycles. The van der Waals surface area contributed by atoms with Crippen LogP contribution in [-0.4, -0.2) is 30.8 Å². The molecule has 84 valence electrons. The molecule has 0 saturated heterocycles. The van der Waals surface area contributed by atoms with Crippen LogP contribution in [0.1, 0.15) is 10.4 Å². The molecule has 2 N–H and O–H groups in total. The van der Waals surface area contributed by atoms with E-state index in [1.54, 1.807) is 0 Å². The van der Waals surface area contributed by atoms with E-state index in [1.165, 1.54) is 24.3 Å². The van der Waals surface area contributed by atoms with Gasteiger partial charge < -0.3 is 10.4 Å². The largest absolute Gasteiger partial charge is 0.478 e. The molecule has 0 unspecified atom stereocenters. The number of hydrogen-bond donors (Lipinski definition) is 2. The molecule has 0 heterocycles. The summed E-state index contributed by atoms with van der Waals surface area (Å²) in [5, 5.41) is 11.3. The van der Waals surface area contributed by atoms with E-state index in [9.17, 15) is 18.0 Å². The first-order valence-corrected chi connectivity index (χ1v) is 5.20. The van der Waals surface area contributed by atoms with Gasteiger partial charge in [0.1, 0.15) is 5.37 Å². The van der Waals surface area contributed by atoms with Crippen LogP contribution in [-0.2, 0) is 15.1 Å². The van der Waals surface area contributed by atoms with E-state index in [2.05, 4.69) is 5.32 Å². The summed E-state index contributed by atoms with van der Waals surface area (Å²) >= 11 is 0. The highest BCUT2D eigenvalue weighted by molar-refractivity contribution is 7.73. The summed E-state index contributed by atoms with van der Waals surface area (Å²) in [6.07, 6.45) is 0. The van der Waals surface area contributed by atoms with E-state index in [4.69, 9.17) is 5.11 Å². The van der Waals surface area contributed by atoms with Crippen molar-refractivity contribution in [2.45, 2.75) is 0 Å². The molecule has 1 aromatic rings. The molecule has 0 bridgehead atoms. The Balaban J connectivity index is 3.02. The fourth-order valence-corrected chi connectivity index (χ4v) is 1.26. The molecule has 7 heteroatoms. The predicted octanol–water partition coefficient (Wildman–Crippen LogP) is 0.00460. The van der Waals surface area contributed by atoms with Crippen molar-refractivity contribution in [1.82, 2.24) is 0 Å². The van der Waals surface area contributed by atoms with Crippen molar-refractivity contribution in [3.05, 3.63) is 29.8 Å². The summed E-state index contributed by atoms with van der Waals surface area (Å²) in [7, 11) is -2.62. The zero-order chi connectivity index (χ0) is 12.1. The van der Waals surface area contributed by atoms with Crippen molar-refractivity contribution >= 4 is 33.2 Å².